The molecule has 0 aliphatic heterocycles. The molecule has 0 nitrogen and oxygen atoms in total. The predicted octanol–water partition coefficient (Wildman–Crippen LogP) is 1.47. The molecule has 0 aliphatic rings. The Bertz CT molecular complexity index is 812. The van der Waals surface area contributed by atoms with Gasteiger partial charge in [0, 0.05) is 0 Å². The van der Waals surface area contributed by atoms with Gasteiger partial charge >= 0.3 is 198 Å². The second-order valence-corrected chi connectivity index (χ2v) is 37.4. The van der Waals surface area contributed by atoms with Crippen LogP contribution < -0.4 is 38.0 Å². The fourth-order valence-corrected chi connectivity index (χ4v) is 17.4. The summed E-state index contributed by atoms with van der Waals surface area (Å²) in [5.74, 6) is 0. The minimum absolute atomic E-state index is 0. The predicted molar refractivity (Wildman–Crippen MR) is 143 cm³/mol. The molecule has 0 spiro atoms. The van der Waals surface area contributed by atoms with Crippen LogP contribution in [0, 0.1) is 0 Å². The van der Waals surface area contributed by atoms with E-state index in [1.807, 2.05) is 0 Å². The Morgan fingerprint density at radius 2 is 0.633 bits per heavy atom. The fraction of sp³-hybridized carbons (Fsp3) is 0.0769. The second kappa shape index (κ2) is 13.5. The van der Waals surface area contributed by atoms with Gasteiger partial charge in [0.2, 0.25) is 0 Å². The van der Waals surface area contributed by atoms with Crippen molar-refractivity contribution in [3.05, 3.63) is 121 Å². The van der Waals surface area contributed by atoms with E-state index in [1.165, 1.54) is 14.0 Å². The van der Waals surface area contributed by atoms with Gasteiger partial charge in [-0.3, -0.25) is 0 Å². The molecule has 4 heteroatoms. The zero-order valence-corrected chi connectivity index (χ0v) is 27.3. The van der Waals surface area contributed by atoms with Gasteiger partial charge in [-0.2, -0.15) is 0 Å². The first-order valence-corrected chi connectivity index (χ1v) is 29.6. The maximum atomic E-state index is 2.54. The van der Waals surface area contributed by atoms with E-state index in [2.05, 4.69) is 150 Å². The van der Waals surface area contributed by atoms with E-state index in [9.17, 15) is 0 Å². The van der Waals surface area contributed by atoms with Crippen molar-refractivity contribution in [3.63, 3.8) is 0 Å². The molecule has 0 bridgehead atoms. The van der Waals surface area contributed by atoms with Crippen LogP contribution in [0.15, 0.2) is 121 Å². The molecule has 4 aromatic carbocycles. The molecule has 0 radical (unpaired) electrons. The number of rotatable bonds is 4. The standard InChI is InChI=1S/4C6H5.2CH3.2HI.Sb.Sn.H/c4*1-2-4-6-5-3-1;;;;;;;/h4*1-5H;2*1H3;2*1H;;;/q;;;;;;;;;+2;/p-2. The van der Waals surface area contributed by atoms with Gasteiger partial charge in [-0.05, 0) is 0 Å². The third-order valence-corrected chi connectivity index (χ3v) is 18.5. The molecule has 0 fully saturated rings. The SMILES string of the molecule is [CH3][Sn+]([CH3])[I].[I-].c1cc[c]([SbH]([c]2ccccc2)([c]2ccccc2)[c]2ccccc2)cc1. The Morgan fingerprint density at radius 1 is 0.467 bits per heavy atom. The molecule has 0 unspecified atom stereocenters. The Hall–Kier alpha value is -0.0431. The van der Waals surface area contributed by atoms with Crippen LogP contribution in [0.2, 0.25) is 9.88 Å². The topological polar surface area (TPSA) is 0 Å². The van der Waals surface area contributed by atoms with Crippen LogP contribution in [0.25, 0.3) is 0 Å². The van der Waals surface area contributed by atoms with Gasteiger partial charge in [0.1, 0.15) is 0 Å². The van der Waals surface area contributed by atoms with Crippen LogP contribution in [0.5, 0.6) is 0 Å². The zero-order chi connectivity index (χ0) is 20.5. The van der Waals surface area contributed by atoms with Crippen molar-refractivity contribution in [3.8, 4) is 0 Å². The molecule has 154 valence electrons. The first-order chi connectivity index (χ1) is 14.2. The normalized spacial score (nSPS) is 10.8. The van der Waals surface area contributed by atoms with Gasteiger partial charge in [-0.25, -0.2) is 0 Å². The van der Waals surface area contributed by atoms with E-state index in [-0.39, 0.29) is 24.0 Å². The Kier molecular flexibility index (Phi) is 11.8. The summed E-state index contributed by atoms with van der Waals surface area (Å²) in [7, 11) is 0. The summed E-state index contributed by atoms with van der Waals surface area (Å²) in [6, 6.07) is 44.4. The minimum atomic E-state index is -3.31. The third kappa shape index (κ3) is 6.49. The molecule has 4 aromatic rings. The van der Waals surface area contributed by atoms with E-state index < -0.39 is 34.6 Å². The van der Waals surface area contributed by atoms with Crippen molar-refractivity contribution in [1.29, 1.82) is 0 Å². The molecule has 0 heterocycles. The van der Waals surface area contributed by atoms with Crippen molar-refractivity contribution >= 4 is 67.3 Å². The third-order valence-electron chi connectivity index (χ3n) is 4.83. The summed E-state index contributed by atoms with van der Waals surface area (Å²) in [6.07, 6.45) is 0. The van der Waals surface area contributed by atoms with Gasteiger partial charge in [0.15, 0.2) is 0 Å². The molecular weight excluding hydrogens is 807 g/mol. The van der Waals surface area contributed by atoms with Gasteiger partial charge in [-0.1, -0.05) is 0 Å². The van der Waals surface area contributed by atoms with Crippen LogP contribution in [0.3, 0.4) is 0 Å². The van der Waals surface area contributed by atoms with Gasteiger partial charge in [0.25, 0.3) is 0 Å². The summed E-state index contributed by atoms with van der Waals surface area (Å²) in [5, 5.41) is 0. The van der Waals surface area contributed by atoms with Crippen molar-refractivity contribution < 1.29 is 24.0 Å². The Morgan fingerprint density at radius 3 is 0.800 bits per heavy atom. The van der Waals surface area contributed by atoms with Crippen LogP contribution in [0.4, 0.5) is 0 Å². The van der Waals surface area contributed by atoms with Crippen LogP contribution in [0.1, 0.15) is 0 Å². The van der Waals surface area contributed by atoms with Crippen molar-refractivity contribution in [2.75, 3.05) is 0 Å². The van der Waals surface area contributed by atoms with E-state index in [0.29, 0.717) is 0 Å². The summed E-state index contributed by atoms with van der Waals surface area (Å²) in [6.45, 7) is 0. The Labute approximate surface area is 219 Å². The molecule has 0 N–H and O–H groups in total. The van der Waals surface area contributed by atoms with Crippen molar-refractivity contribution in [1.82, 2.24) is 0 Å². The molecule has 4 rings (SSSR count). The van der Waals surface area contributed by atoms with Crippen LogP contribution >= 0.6 is 18.6 Å². The fourth-order valence-electron chi connectivity index (χ4n) is 3.75. The molecule has 0 aromatic heterocycles. The second-order valence-electron chi connectivity index (χ2n) is 7.09. The van der Waals surface area contributed by atoms with Gasteiger partial charge < -0.3 is 24.0 Å². The molecule has 0 saturated carbocycles. The van der Waals surface area contributed by atoms with E-state index >= 15 is 0 Å². The van der Waals surface area contributed by atoms with Crippen LogP contribution in [-0.2, 0) is 0 Å². The molecule has 0 saturated heterocycles. The summed E-state index contributed by atoms with van der Waals surface area (Å²) in [5.41, 5.74) is 0. The van der Waals surface area contributed by atoms with Gasteiger partial charge in [-0.15, -0.1) is 0 Å². The van der Waals surface area contributed by atoms with Crippen molar-refractivity contribution in [2.45, 2.75) is 9.88 Å². The number of benzene rings is 4. The molecule has 30 heavy (non-hydrogen) atoms. The molecule has 0 atom stereocenters. The molecular formula is C26H27I2SbSn. The quantitative estimate of drug-likeness (QED) is 0.216. The first-order valence-electron chi connectivity index (χ1n) is 9.83. The first kappa shape index (κ1) is 26.2. The zero-order valence-electron chi connectivity index (χ0n) is 17.3. The average Bonchev–Trinajstić information content (AvgIpc) is 2.77. The monoisotopic (exact) mass is 834 g/mol. The van der Waals surface area contributed by atoms with Crippen molar-refractivity contribution in [2.24, 2.45) is 0 Å². The molecule has 0 amide bonds. The van der Waals surface area contributed by atoms with E-state index in [0.717, 1.165) is 0 Å². The summed E-state index contributed by atoms with van der Waals surface area (Å²) < 4.78 is 5.95. The number of hydrogen-bond donors (Lipinski definition) is 0. The maximum absolute atomic E-state index is 3.31. The average molecular weight is 834 g/mol. The number of halogens is 2. The van der Waals surface area contributed by atoms with E-state index in [4.69, 9.17) is 0 Å². The molecule has 0 aliphatic carbocycles. The summed E-state index contributed by atoms with van der Waals surface area (Å²) in [4.78, 5) is 4.70. The van der Waals surface area contributed by atoms with Gasteiger partial charge in [0.05, 0.1) is 0 Å². The Balaban J connectivity index is 0.000000591. The van der Waals surface area contributed by atoms with Crippen LogP contribution in [-0.4, -0.2) is 34.6 Å². The van der Waals surface area contributed by atoms with E-state index in [1.54, 1.807) is 0 Å². The summed E-state index contributed by atoms with van der Waals surface area (Å²) >= 11 is -1.34. The number of hydrogen-bond acceptors (Lipinski definition) is 0.